The van der Waals surface area contributed by atoms with Gasteiger partial charge in [-0.2, -0.15) is 0 Å². The highest BCUT2D eigenvalue weighted by molar-refractivity contribution is 7.11. The number of carbonyl (C=O) groups is 2. The number of amides is 2. The summed E-state index contributed by atoms with van der Waals surface area (Å²) in [6, 6.07) is 12.4. The van der Waals surface area contributed by atoms with Crippen LogP contribution in [0.2, 0.25) is 0 Å². The molecule has 0 bridgehead atoms. The van der Waals surface area contributed by atoms with Gasteiger partial charge in [0.05, 0.1) is 12.5 Å². The summed E-state index contributed by atoms with van der Waals surface area (Å²) in [6.45, 7) is 3.55. The van der Waals surface area contributed by atoms with Crippen LogP contribution in [0.5, 0.6) is 0 Å². The van der Waals surface area contributed by atoms with Crippen molar-refractivity contribution in [3.05, 3.63) is 51.7 Å². The van der Waals surface area contributed by atoms with Crippen LogP contribution < -0.4 is 5.32 Å². The van der Waals surface area contributed by atoms with Gasteiger partial charge in [-0.3, -0.25) is 14.5 Å². The molecular weight excluding hydrogens is 370 g/mol. The van der Waals surface area contributed by atoms with E-state index in [0.717, 1.165) is 37.1 Å². The van der Waals surface area contributed by atoms with Crippen molar-refractivity contribution in [2.75, 3.05) is 18.9 Å². The van der Waals surface area contributed by atoms with Gasteiger partial charge in [0.15, 0.2) is 0 Å². The number of nitrogens with zero attached hydrogens (tertiary/aromatic N) is 2. The molecule has 5 nitrogen and oxygen atoms in total. The molecule has 3 aliphatic rings. The molecule has 1 N–H and O–H groups in total. The van der Waals surface area contributed by atoms with Crippen molar-refractivity contribution >= 4 is 28.8 Å². The highest BCUT2D eigenvalue weighted by Gasteiger charge is 2.65. The van der Waals surface area contributed by atoms with Crippen LogP contribution in [0.3, 0.4) is 0 Å². The second kappa shape index (κ2) is 6.42. The third-order valence-corrected chi connectivity index (χ3v) is 7.62. The predicted octanol–water partition coefficient (Wildman–Crippen LogP) is 3.35. The van der Waals surface area contributed by atoms with Crippen molar-refractivity contribution in [1.82, 2.24) is 9.80 Å². The molecule has 146 valence electrons. The quantitative estimate of drug-likeness (QED) is 0.867. The fraction of sp³-hybridized carbons (Fsp3) is 0.455. The summed E-state index contributed by atoms with van der Waals surface area (Å²) in [5.74, 6) is -0.295. The van der Waals surface area contributed by atoms with Crippen LogP contribution in [0, 0.1) is 12.8 Å². The summed E-state index contributed by atoms with van der Waals surface area (Å²) in [5, 5.41) is 3.07. The largest absolute Gasteiger partial charge is 0.340 e. The number of carbonyl (C=O) groups excluding carboxylic acids is 2. The van der Waals surface area contributed by atoms with Gasteiger partial charge in [0.2, 0.25) is 11.8 Å². The van der Waals surface area contributed by atoms with Crippen molar-refractivity contribution in [2.24, 2.45) is 5.92 Å². The molecule has 4 heterocycles. The van der Waals surface area contributed by atoms with Crippen molar-refractivity contribution in [1.29, 1.82) is 0 Å². The molecule has 28 heavy (non-hydrogen) atoms. The van der Waals surface area contributed by atoms with Crippen LogP contribution in [0.1, 0.15) is 34.6 Å². The Hall–Kier alpha value is -2.18. The Bertz CT molecular complexity index is 955. The summed E-state index contributed by atoms with van der Waals surface area (Å²) in [4.78, 5) is 33.6. The van der Waals surface area contributed by atoms with Gasteiger partial charge in [-0.15, -0.1) is 11.3 Å². The summed E-state index contributed by atoms with van der Waals surface area (Å²) in [5.41, 5.74) is 0.978. The number of thiophene rings is 1. The predicted molar refractivity (Wildman–Crippen MR) is 110 cm³/mol. The number of hydrogen-bond acceptors (Lipinski definition) is 4. The van der Waals surface area contributed by atoms with Crippen LogP contribution in [-0.2, 0) is 21.7 Å². The molecule has 3 atom stereocenters. The highest BCUT2D eigenvalue weighted by Crippen LogP contribution is 2.55. The lowest BCUT2D eigenvalue weighted by Gasteiger charge is -2.37. The number of aryl methyl sites for hydroxylation is 1. The van der Waals surface area contributed by atoms with Gasteiger partial charge < -0.3 is 10.2 Å². The number of hydrogen-bond donors (Lipinski definition) is 1. The van der Waals surface area contributed by atoms with Gasteiger partial charge in [0.25, 0.3) is 0 Å². The average Bonchev–Trinajstić information content (AvgIpc) is 3.41. The van der Waals surface area contributed by atoms with Crippen LogP contribution in [0.4, 0.5) is 5.69 Å². The number of nitrogens with one attached hydrogen (secondary N) is 1. The Morgan fingerprint density at radius 1 is 1.32 bits per heavy atom. The number of anilines is 1. The van der Waals surface area contributed by atoms with Crippen LogP contribution >= 0.6 is 11.3 Å². The lowest BCUT2D eigenvalue weighted by Crippen LogP contribution is -2.54. The van der Waals surface area contributed by atoms with Crippen molar-refractivity contribution in [2.45, 2.75) is 44.3 Å². The lowest BCUT2D eigenvalue weighted by molar-refractivity contribution is -0.143. The third kappa shape index (κ3) is 2.40. The minimum atomic E-state index is -0.853. The Balaban J connectivity index is 1.53. The van der Waals surface area contributed by atoms with E-state index in [1.165, 1.54) is 9.75 Å². The van der Waals surface area contributed by atoms with Crippen molar-refractivity contribution in [3.63, 3.8) is 0 Å². The molecule has 2 aromatic rings. The van der Waals surface area contributed by atoms with Crippen molar-refractivity contribution < 1.29 is 9.59 Å². The molecule has 1 aromatic carbocycles. The molecule has 6 heteroatoms. The zero-order chi connectivity index (χ0) is 19.5. The minimum absolute atomic E-state index is 0.0307. The number of rotatable bonds is 3. The van der Waals surface area contributed by atoms with E-state index in [1.54, 1.807) is 11.3 Å². The summed E-state index contributed by atoms with van der Waals surface area (Å²) < 4.78 is 0. The normalized spacial score (nSPS) is 28.4. The monoisotopic (exact) mass is 395 g/mol. The first-order valence-electron chi connectivity index (χ1n) is 10.00. The van der Waals surface area contributed by atoms with Crippen LogP contribution in [0.25, 0.3) is 0 Å². The molecule has 0 radical (unpaired) electrons. The van der Waals surface area contributed by atoms with Gasteiger partial charge >= 0.3 is 0 Å². The van der Waals surface area contributed by atoms with E-state index in [-0.39, 0.29) is 17.7 Å². The summed E-state index contributed by atoms with van der Waals surface area (Å²) in [6.07, 6.45) is 2.91. The SMILES string of the molecule is Cc1ccc(CN(C)C(=O)[C@@H]2C[C@H]3CCCN3[C@]23C(=O)Nc2ccccc23)s1. The van der Waals surface area contributed by atoms with Gasteiger partial charge in [-0.05, 0) is 50.9 Å². The third-order valence-electron chi connectivity index (χ3n) is 6.64. The van der Waals surface area contributed by atoms with E-state index in [9.17, 15) is 9.59 Å². The fourth-order valence-corrected chi connectivity index (χ4v) is 6.45. The first-order chi connectivity index (χ1) is 13.5. The lowest BCUT2D eigenvalue weighted by atomic mass is 9.78. The Labute approximate surface area is 169 Å². The van der Waals surface area contributed by atoms with Crippen LogP contribution in [-0.4, -0.2) is 41.2 Å². The minimum Gasteiger partial charge on any atom is -0.340 e. The standard InChI is InChI=1S/C22H25N3O2S/c1-14-9-10-16(28-14)13-24(2)20(26)18-12-15-6-5-11-25(15)22(18)17-7-3-4-8-19(17)23-21(22)27/h3-4,7-10,15,18H,5-6,11-13H2,1-2H3,(H,23,27)/t15-,18+,22+/m1/s1. The van der Waals surface area contributed by atoms with E-state index in [4.69, 9.17) is 0 Å². The molecule has 1 aromatic heterocycles. The molecular formula is C22H25N3O2S. The van der Waals surface area contributed by atoms with Gasteiger partial charge in [-0.25, -0.2) is 0 Å². The molecule has 5 rings (SSSR count). The molecule has 0 unspecified atom stereocenters. The molecule has 1 spiro atoms. The second-order valence-corrected chi connectivity index (χ2v) is 9.62. The first kappa shape index (κ1) is 17.9. The van der Waals surface area contributed by atoms with Crippen molar-refractivity contribution in [3.8, 4) is 0 Å². The van der Waals surface area contributed by atoms with E-state index in [0.29, 0.717) is 12.6 Å². The Morgan fingerprint density at radius 2 is 2.14 bits per heavy atom. The second-order valence-electron chi connectivity index (χ2n) is 8.25. The van der Waals surface area contributed by atoms with Gasteiger partial charge in [-0.1, -0.05) is 18.2 Å². The van der Waals surface area contributed by atoms with E-state index >= 15 is 0 Å². The van der Waals surface area contributed by atoms with E-state index in [1.807, 2.05) is 36.2 Å². The summed E-state index contributed by atoms with van der Waals surface area (Å²) >= 11 is 1.72. The number of fused-ring (bicyclic) bond motifs is 4. The van der Waals surface area contributed by atoms with E-state index in [2.05, 4.69) is 29.3 Å². The van der Waals surface area contributed by atoms with Crippen LogP contribution in [0.15, 0.2) is 36.4 Å². The zero-order valence-electron chi connectivity index (χ0n) is 16.3. The summed E-state index contributed by atoms with van der Waals surface area (Å²) in [7, 11) is 1.87. The molecule has 0 aliphatic carbocycles. The smallest absolute Gasteiger partial charge is 0.250 e. The van der Waals surface area contributed by atoms with Gasteiger partial charge in [0.1, 0.15) is 5.54 Å². The maximum absolute atomic E-state index is 13.6. The molecule has 2 fully saturated rings. The van der Waals surface area contributed by atoms with E-state index < -0.39 is 5.54 Å². The molecule has 0 saturated carbocycles. The average molecular weight is 396 g/mol. The number of benzene rings is 1. The first-order valence-corrected chi connectivity index (χ1v) is 10.8. The maximum atomic E-state index is 13.6. The maximum Gasteiger partial charge on any atom is 0.250 e. The number of para-hydroxylation sites is 1. The molecule has 2 saturated heterocycles. The Morgan fingerprint density at radius 3 is 2.93 bits per heavy atom. The Kier molecular flexibility index (Phi) is 4.10. The fourth-order valence-electron chi connectivity index (χ4n) is 5.51. The topological polar surface area (TPSA) is 52.7 Å². The molecule has 3 aliphatic heterocycles. The highest BCUT2D eigenvalue weighted by atomic mass is 32.1. The zero-order valence-corrected chi connectivity index (χ0v) is 17.1. The van der Waals surface area contributed by atoms with Gasteiger partial charge in [0, 0.05) is 34.1 Å². The molecule has 2 amide bonds.